The van der Waals surface area contributed by atoms with Crippen molar-refractivity contribution in [2.45, 2.75) is 9.79 Å². The van der Waals surface area contributed by atoms with Crippen LogP contribution in [0.2, 0.25) is 0 Å². The maximum atomic E-state index is 11.1. The Morgan fingerprint density at radius 1 is 0.516 bits per heavy atom. The van der Waals surface area contributed by atoms with Crippen molar-refractivity contribution in [1.82, 2.24) is 0 Å². The van der Waals surface area contributed by atoms with Crippen molar-refractivity contribution in [3.63, 3.8) is 0 Å². The van der Waals surface area contributed by atoms with E-state index in [0.717, 1.165) is 0 Å². The summed E-state index contributed by atoms with van der Waals surface area (Å²) in [6, 6.07) is 18.1. The molecule has 0 atom stereocenters. The summed E-state index contributed by atoms with van der Waals surface area (Å²) in [7, 11) is -9.05. The fourth-order valence-corrected chi connectivity index (χ4v) is 3.99. The van der Waals surface area contributed by atoms with E-state index in [-0.39, 0.29) is 68.9 Å². The van der Waals surface area contributed by atoms with Gasteiger partial charge >= 0.3 is 59.1 Å². The first-order valence-corrected chi connectivity index (χ1v) is 11.1. The Hall–Kier alpha value is -0.980. The van der Waals surface area contributed by atoms with E-state index in [2.05, 4.69) is 0 Å². The molecule has 0 bridgehead atoms. The summed E-state index contributed by atoms with van der Waals surface area (Å²) in [6.45, 7) is 0. The van der Waals surface area contributed by atoms with E-state index in [1.807, 2.05) is 0 Å². The third kappa shape index (κ3) is 6.08. The van der Waals surface area contributed by atoms with E-state index in [1.165, 1.54) is 36.4 Å². The average Bonchev–Trinajstić information content (AvgIpc) is 2.65. The average molecular weight is 474 g/mol. The van der Waals surface area contributed by atoms with Crippen LogP contribution in [0, 0.1) is 0 Å². The SMILES string of the molecule is O=S(=O)([O-])c1ccc2cc(Oc3ccc4cc(S(=O)(=O)[O-])ccc4c3)ccc2c1.[Na+].[Na+]. The quantitative estimate of drug-likeness (QED) is 0.239. The second-order valence-corrected chi connectivity index (χ2v) is 9.11. The maximum absolute atomic E-state index is 11.1. The van der Waals surface area contributed by atoms with E-state index < -0.39 is 20.2 Å². The van der Waals surface area contributed by atoms with Gasteiger partial charge in [-0.2, -0.15) is 0 Å². The van der Waals surface area contributed by atoms with Gasteiger partial charge in [0.25, 0.3) is 0 Å². The molecule has 0 amide bonds. The molecule has 0 aliphatic heterocycles. The van der Waals surface area contributed by atoms with Crippen molar-refractivity contribution in [3.05, 3.63) is 72.8 Å². The van der Waals surface area contributed by atoms with Crippen molar-refractivity contribution in [2.24, 2.45) is 0 Å². The Morgan fingerprint density at radius 3 is 1.19 bits per heavy atom. The molecule has 0 unspecified atom stereocenters. The molecule has 0 fully saturated rings. The zero-order valence-electron chi connectivity index (χ0n) is 16.6. The molecule has 0 heterocycles. The molecule has 148 valence electrons. The summed E-state index contributed by atoms with van der Waals surface area (Å²) < 4.78 is 72.7. The number of hydrogen-bond acceptors (Lipinski definition) is 7. The maximum Gasteiger partial charge on any atom is 1.00 e. The van der Waals surface area contributed by atoms with E-state index in [1.54, 1.807) is 36.4 Å². The second-order valence-electron chi connectivity index (χ2n) is 6.35. The van der Waals surface area contributed by atoms with E-state index in [9.17, 15) is 25.9 Å². The molecule has 7 nitrogen and oxygen atoms in total. The molecule has 4 aromatic carbocycles. The zero-order chi connectivity index (χ0) is 20.8. The molecule has 11 heteroatoms. The smallest absolute Gasteiger partial charge is 0.744 e. The van der Waals surface area contributed by atoms with Crippen LogP contribution in [0.15, 0.2) is 82.6 Å². The summed E-state index contributed by atoms with van der Waals surface area (Å²) in [5, 5.41) is 2.56. The normalized spacial score (nSPS) is 11.5. The summed E-state index contributed by atoms with van der Waals surface area (Å²) in [5.41, 5.74) is 0. The van der Waals surface area contributed by atoms with Crippen LogP contribution in [0.25, 0.3) is 21.5 Å². The molecule has 0 saturated carbocycles. The predicted octanol–water partition coefficient (Wildman–Crippen LogP) is -2.40. The fourth-order valence-electron chi connectivity index (χ4n) is 2.98. The van der Waals surface area contributed by atoms with Crippen molar-refractivity contribution < 1.29 is 89.8 Å². The monoisotopic (exact) mass is 474 g/mol. The number of fused-ring (bicyclic) bond motifs is 2. The molecule has 0 aromatic heterocycles. The van der Waals surface area contributed by atoms with Crippen molar-refractivity contribution in [3.8, 4) is 11.5 Å². The third-order valence-electron chi connectivity index (χ3n) is 4.38. The molecule has 0 aliphatic carbocycles. The summed E-state index contributed by atoms with van der Waals surface area (Å²) in [5.74, 6) is 0.988. The van der Waals surface area contributed by atoms with Gasteiger partial charge in [0.2, 0.25) is 0 Å². The minimum atomic E-state index is -4.52. The van der Waals surface area contributed by atoms with Crippen LogP contribution in [0.4, 0.5) is 0 Å². The first-order chi connectivity index (χ1) is 13.6. The standard InChI is InChI=1S/C20H14O7S2.2Na/c21-28(22,23)19-7-3-13-9-17(5-1-15(13)11-19)27-18-6-2-16-12-20(29(24,25)26)8-4-14(16)10-18;;/h1-12H,(H,21,22,23)(H,24,25,26);;/q;2*+1/p-2. The zero-order valence-corrected chi connectivity index (χ0v) is 22.2. The van der Waals surface area contributed by atoms with Crippen LogP contribution >= 0.6 is 0 Å². The molecular formula is C20H12Na2O7S2. The number of rotatable bonds is 4. The minimum Gasteiger partial charge on any atom is -0.744 e. The third-order valence-corrected chi connectivity index (χ3v) is 6.04. The molecular weight excluding hydrogens is 462 g/mol. The first-order valence-electron chi connectivity index (χ1n) is 8.27. The van der Waals surface area contributed by atoms with Crippen molar-refractivity contribution >= 4 is 41.8 Å². The molecule has 4 aromatic rings. The largest absolute Gasteiger partial charge is 1.00 e. The number of benzene rings is 4. The molecule has 31 heavy (non-hydrogen) atoms. The van der Waals surface area contributed by atoms with Crippen LogP contribution in [0.1, 0.15) is 0 Å². The van der Waals surface area contributed by atoms with Gasteiger partial charge in [-0.1, -0.05) is 24.3 Å². The molecule has 0 radical (unpaired) electrons. The van der Waals surface area contributed by atoms with Crippen LogP contribution in [-0.4, -0.2) is 25.9 Å². The van der Waals surface area contributed by atoms with Gasteiger partial charge in [-0.15, -0.1) is 0 Å². The van der Waals surface area contributed by atoms with Gasteiger partial charge < -0.3 is 13.8 Å². The Kier molecular flexibility index (Phi) is 8.37. The van der Waals surface area contributed by atoms with Crippen molar-refractivity contribution in [1.29, 1.82) is 0 Å². The Labute approximate surface area is 223 Å². The van der Waals surface area contributed by atoms with Gasteiger partial charge in [-0.3, -0.25) is 0 Å². The number of ether oxygens (including phenoxy) is 1. The van der Waals surface area contributed by atoms with Crippen LogP contribution in [0.5, 0.6) is 11.5 Å². The van der Waals surface area contributed by atoms with Gasteiger partial charge in [0.15, 0.2) is 0 Å². The van der Waals surface area contributed by atoms with Gasteiger partial charge in [-0.05, 0) is 70.1 Å². The Balaban J connectivity index is 0.00000171. The first kappa shape index (κ1) is 26.3. The summed E-state index contributed by atoms with van der Waals surface area (Å²) >= 11 is 0. The summed E-state index contributed by atoms with van der Waals surface area (Å²) in [4.78, 5) is -0.597. The van der Waals surface area contributed by atoms with E-state index >= 15 is 0 Å². The van der Waals surface area contributed by atoms with E-state index in [4.69, 9.17) is 4.74 Å². The van der Waals surface area contributed by atoms with E-state index in [0.29, 0.717) is 33.0 Å². The molecule has 0 saturated heterocycles. The van der Waals surface area contributed by atoms with Gasteiger partial charge in [-0.25, -0.2) is 16.8 Å². The molecule has 0 spiro atoms. The summed E-state index contributed by atoms with van der Waals surface area (Å²) in [6.07, 6.45) is 0. The van der Waals surface area contributed by atoms with Crippen LogP contribution in [0.3, 0.4) is 0 Å². The molecule has 4 rings (SSSR count). The molecule has 0 aliphatic rings. The Bertz CT molecular complexity index is 1370. The van der Waals surface area contributed by atoms with Gasteiger partial charge in [0.1, 0.15) is 31.7 Å². The predicted molar refractivity (Wildman–Crippen MR) is 104 cm³/mol. The number of hydrogen-bond donors (Lipinski definition) is 0. The van der Waals surface area contributed by atoms with Gasteiger partial charge in [0, 0.05) is 0 Å². The Morgan fingerprint density at radius 2 is 0.839 bits per heavy atom. The van der Waals surface area contributed by atoms with Crippen LogP contribution in [-0.2, 0) is 20.2 Å². The molecule has 0 N–H and O–H groups in total. The second kappa shape index (κ2) is 9.88. The van der Waals surface area contributed by atoms with Crippen LogP contribution < -0.4 is 63.9 Å². The topological polar surface area (TPSA) is 124 Å². The van der Waals surface area contributed by atoms with Gasteiger partial charge in [0.05, 0.1) is 9.79 Å². The van der Waals surface area contributed by atoms with Crippen molar-refractivity contribution in [2.75, 3.05) is 0 Å². The fraction of sp³-hybridized carbons (Fsp3) is 0. The minimum absolute atomic E-state index is 0.